The highest BCUT2D eigenvalue weighted by molar-refractivity contribution is 14.1. The van der Waals surface area contributed by atoms with Crippen molar-refractivity contribution in [3.8, 4) is 0 Å². The fourth-order valence-corrected chi connectivity index (χ4v) is 8.29. The molecule has 2 aliphatic heterocycles. The number of oxime groups is 1. The molecule has 37 heavy (non-hydrogen) atoms. The van der Waals surface area contributed by atoms with E-state index in [0.717, 1.165) is 43.5 Å². The number of amides is 2. The number of thioether (sulfide) groups is 2. The number of nitrogens with one attached hydrogen (secondary N) is 1. The van der Waals surface area contributed by atoms with Gasteiger partial charge in [0.05, 0.1) is 26.9 Å². The molecule has 0 spiro atoms. The van der Waals surface area contributed by atoms with Crippen LogP contribution >= 0.6 is 69.0 Å². The number of alkyl halides is 1. The number of thiazole rings is 1. The van der Waals surface area contributed by atoms with E-state index in [1.54, 1.807) is 0 Å². The number of hydrogen-bond acceptors (Lipinski definition) is 13. The number of nitrogens with zero attached hydrogens (tertiary/aromatic N) is 5. The number of nitrogen functional groups attached to an aromatic ring is 1. The van der Waals surface area contributed by atoms with E-state index >= 15 is 0 Å². The number of carbonyl (C=O) groups excluding carboxylic acids is 2. The fraction of sp³-hybridized carbons (Fsp3) is 0.250. The molecule has 3 aromatic rings. The summed E-state index contributed by atoms with van der Waals surface area (Å²) < 4.78 is 6.37. The summed E-state index contributed by atoms with van der Waals surface area (Å²) >= 11 is 6.94. The van der Waals surface area contributed by atoms with E-state index in [2.05, 4.69) is 47.4 Å². The van der Waals surface area contributed by atoms with Crippen LogP contribution in [0.3, 0.4) is 0 Å². The first-order valence-corrected chi connectivity index (χ1v) is 15.3. The van der Waals surface area contributed by atoms with Crippen LogP contribution in [0.5, 0.6) is 0 Å². The van der Waals surface area contributed by atoms with Crippen LogP contribution in [0, 0.1) is 0 Å². The van der Waals surface area contributed by atoms with E-state index in [0.29, 0.717) is 4.34 Å². The molecule has 2 aliphatic rings. The van der Waals surface area contributed by atoms with Crippen molar-refractivity contribution in [2.24, 2.45) is 5.16 Å². The highest BCUT2D eigenvalue weighted by atomic mass is 127. The van der Waals surface area contributed by atoms with Gasteiger partial charge in [-0.15, -0.1) is 23.1 Å². The van der Waals surface area contributed by atoms with Crippen molar-refractivity contribution in [3.05, 3.63) is 40.2 Å². The smallest absolute Gasteiger partial charge is 0.353 e. The number of carboxylic acids is 1. The molecule has 1 unspecified atom stereocenters. The van der Waals surface area contributed by atoms with Gasteiger partial charge < -0.3 is 21.0 Å². The Hall–Kier alpha value is -2.48. The van der Waals surface area contributed by atoms with E-state index in [4.69, 9.17) is 10.6 Å². The second-order valence-corrected chi connectivity index (χ2v) is 12.7. The predicted molar refractivity (Wildman–Crippen MR) is 151 cm³/mol. The van der Waals surface area contributed by atoms with Crippen LogP contribution in [-0.4, -0.2) is 65.7 Å². The lowest BCUT2D eigenvalue weighted by molar-refractivity contribution is -0.146. The summed E-state index contributed by atoms with van der Waals surface area (Å²) in [6, 6.07) is 5.97. The predicted octanol–water partition coefficient (Wildman–Crippen LogP) is 2.85. The lowest BCUT2D eigenvalue weighted by Gasteiger charge is -2.46. The second-order valence-electron chi connectivity index (χ2n) is 7.53. The number of anilines is 1. The number of fused-ring (bicyclic) bond motifs is 2. The molecular formula is C20H16IN7O5S4. The van der Waals surface area contributed by atoms with Gasteiger partial charge in [0.25, 0.3) is 5.91 Å². The molecule has 2 atom stereocenters. The number of carboxylic acid groups (broad SMARTS) is 1. The summed E-state index contributed by atoms with van der Waals surface area (Å²) in [5.74, 6) is -2.27. The molecule has 5 rings (SSSR count). The molecule has 2 amide bonds. The number of benzene rings is 1. The SMILES string of the molecule is CON=C(C(=O)NC1S[C@H]2CC(=O)N2C(C(=O)O)=C1Sc1nc2cc(CI)ccc2s1)c1nsc(N)n1. The molecule has 1 fully saturated rings. The fourth-order valence-electron chi connectivity index (χ4n) is 3.60. The number of halogens is 1. The average Bonchev–Trinajstić information content (AvgIpc) is 3.47. The van der Waals surface area contributed by atoms with Crippen molar-refractivity contribution in [1.82, 2.24) is 24.6 Å². The molecular weight excluding hydrogens is 673 g/mol. The van der Waals surface area contributed by atoms with Crippen molar-refractivity contribution in [3.63, 3.8) is 0 Å². The van der Waals surface area contributed by atoms with Crippen LogP contribution in [0.1, 0.15) is 17.8 Å². The van der Waals surface area contributed by atoms with Crippen LogP contribution in [-0.2, 0) is 23.6 Å². The van der Waals surface area contributed by atoms with Gasteiger partial charge in [-0.25, -0.2) is 9.78 Å². The van der Waals surface area contributed by atoms with Crippen molar-refractivity contribution in [1.29, 1.82) is 0 Å². The molecule has 12 nitrogen and oxygen atoms in total. The van der Waals surface area contributed by atoms with Crippen molar-refractivity contribution < 1.29 is 24.3 Å². The summed E-state index contributed by atoms with van der Waals surface area (Å²) in [5.41, 5.74) is 7.18. The molecule has 1 aromatic carbocycles. The molecule has 4 N–H and O–H groups in total. The number of rotatable bonds is 8. The molecule has 4 heterocycles. The first kappa shape index (κ1) is 26.1. The summed E-state index contributed by atoms with van der Waals surface area (Å²) in [7, 11) is 1.27. The van der Waals surface area contributed by atoms with Gasteiger partial charge in [0.15, 0.2) is 9.47 Å². The average molecular weight is 690 g/mol. The highest BCUT2D eigenvalue weighted by Crippen LogP contribution is 2.49. The second kappa shape index (κ2) is 10.7. The Bertz CT molecular complexity index is 1490. The molecule has 192 valence electrons. The molecule has 0 saturated carbocycles. The Morgan fingerprint density at radius 2 is 2.22 bits per heavy atom. The normalized spacial score (nSPS) is 19.6. The minimum atomic E-state index is -1.27. The first-order valence-electron chi connectivity index (χ1n) is 10.4. The maximum atomic E-state index is 13.2. The third-order valence-corrected chi connectivity index (χ3v) is 10.3. The molecule has 2 aromatic heterocycles. The molecule has 0 bridgehead atoms. The lowest BCUT2D eigenvalue weighted by atomic mass is 10.1. The molecule has 1 saturated heterocycles. The van der Waals surface area contributed by atoms with Gasteiger partial charge in [-0.2, -0.15) is 9.36 Å². The van der Waals surface area contributed by atoms with Gasteiger partial charge in [0.2, 0.25) is 17.4 Å². The topological polar surface area (TPSA) is 173 Å². The number of carbonyl (C=O) groups is 3. The minimum absolute atomic E-state index is 0.0167. The zero-order chi connectivity index (χ0) is 26.3. The summed E-state index contributed by atoms with van der Waals surface area (Å²) in [6.45, 7) is 0. The number of nitrogens with two attached hydrogens (primary N) is 1. The van der Waals surface area contributed by atoms with Gasteiger partial charge in [0, 0.05) is 16.0 Å². The first-order chi connectivity index (χ1) is 17.8. The zero-order valence-corrected chi connectivity index (χ0v) is 24.1. The third kappa shape index (κ3) is 5.14. The Morgan fingerprint density at radius 3 is 2.86 bits per heavy atom. The number of hydrogen-bond donors (Lipinski definition) is 3. The standard InChI is InChI=1S/C20H16IN7O5S4/c1-33-26-12(15-24-19(22)37-27-15)16(30)25-17-14(13(18(31)32)28-10(29)5-11(28)35-17)36-20-23-8-4-7(6-21)2-3-9(8)34-20/h2-4,11,17H,5-6H2,1H3,(H,25,30)(H,31,32)(H2,22,24,27)/t11-,17?/m0/s1. The van der Waals surface area contributed by atoms with E-state index in [1.807, 2.05) is 18.2 Å². The van der Waals surface area contributed by atoms with E-state index in [-0.39, 0.29) is 39.6 Å². The largest absolute Gasteiger partial charge is 0.477 e. The number of aliphatic carboxylic acids is 1. The quantitative estimate of drug-likeness (QED) is 0.104. The van der Waals surface area contributed by atoms with Gasteiger partial charge >= 0.3 is 5.97 Å². The van der Waals surface area contributed by atoms with E-state index in [1.165, 1.54) is 35.1 Å². The van der Waals surface area contributed by atoms with Crippen molar-refractivity contribution in [2.75, 3.05) is 12.8 Å². The van der Waals surface area contributed by atoms with E-state index < -0.39 is 22.6 Å². The van der Waals surface area contributed by atoms with Crippen molar-refractivity contribution in [2.45, 2.75) is 25.9 Å². The van der Waals surface area contributed by atoms with Crippen molar-refractivity contribution >= 4 is 108 Å². The molecule has 0 radical (unpaired) electrons. The maximum absolute atomic E-state index is 13.2. The summed E-state index contributed by atoms with van der Waals surface area (Å²) in [6.07, 6.45) is 0.162. The molecule has 0 aliphatic carbocycles. The third-order valence-electron chi connectivity index (χ3n) is 5.21. The number of aromatic nitrogens is 3. The summed E-state index contributed by atoms with van der Waals surface area (Å²) in [5, 5.41) is 15.5. The van der Waals surface area contributed by atoms with Gasteiger partial charge in [-0.05, 0) is 17.7 Å². The van der Waals surface area contributed by atoms with Crippen LogP contribution < -0.4 is 11.1 Å². The zero-order valence-electron chi connectivity index (χ0n) is 18.7. The van der Waals surface area contributed by atoms with Gasteiger partial charge in [0.1, 0.15) is 18.2 Å². The maximum Gasteiger partial charge on any atom is 0.353 e. The monoisotopic (exact) mass is 689 g/mol. The van der Waals surface area contributed by atoms with Crippen LogP contribution in [0.2, 0.25) is 0 Å². The van der Waals surface area contributed by atoms with Gasteiger partial charge in [-0.1, -0.05) is 45.6 Å². The van der Waals surface area contributed by atoms with Crippen LogP contribution in [0.4, 0.5) is 5.13 Å². The lowest BCUT2D eigenvalue weighted by Crippen LogP contribution is -2.57. The Balaban J connectivity index is 1.51. The Labute approximate surface area is 239 Å². The van der Waals surface area contributed by atoms with Gasteiger partial charge in [-0.3, -0.25) is 14.5 Å². The van der Waals surface area contributed by atoms with Crippen LogP contribution in [0.15, 0.2) is 38.3 Å². The van der Waals surface area contributed by atoms with Crippen LogP contribution in [0.25, 0.3) is 10.2 Å². The summed E-state index contributed by atoms with van der Waals surface area (Å²) in [4.78, 5) is 52.9. The highest BCUT2D eigenvalue weighted by Gasteiger charge is 2.49. The number of β-lactam (4-membered cyclic amide) rings is 1. The molecule has 17 heteroatoms. The Morgan fingerprint density at radius 1 is 1.41 bits per heavy atom. The Kier molecular flexibility index (Phi) is 7.57. The van der Waals surface area contributed by atoms with E-state index in [9.17, 15) is 19.5 Å². The minimum Gasteiger partial charge on any atom is -0.477 e.